The molecule has 2 aromatic carbocycles. The third kappa shape index (κ3) is 2.54. The van der Waals surface area contributed by atoms with E-state index >= 15 is 0 Å². The number of carbonyl (C=O) groups is 2. The quantitative estimate of drug-likeness (QED) is 0.422. The fraction of sp³-hybridized carbons (Fsp3) is 0.0909. The number of aryl methyl sites for hydroxylation is 2. The van der Waals surface area contributed by atoms with E-state index in [4.69, 9.17) is 0 Å². The summed E-state index contributed by atoms with van der Waals surface area (Å²) >= 11 is 3.38. The lowest BCUT2D eigenvalue weighted by Crippen LogP contribution is -2.29. The Balaban J connectivity index is 1.73. The molecule has 0 fully saturated rings. The first-order chi connectivity index (χ1) is 14.0. The number of hydrogen-bond acceptors (Lipinski definition) is 4. The molecule has 0 saturated carbocycles. The van der Waals surface area contributed by atoms with Gasteiger partial charge in [0.25, 0.3) is 11.8 Å². The molecule has 6 nitrogen and oxygen atoms in total. The number of carbonyl (C=O) groups excluding carboxylic acids is 2. The Morgan fingerprint density at radius 3 is 2.38 bits per heavy atom. The summed E-state index contributed by atoms with van der Waals surface area (Å²) < 4.78 is 2.61. The molecule has 0 N–H and O–H groups in total. The Morgan fingerprint density at radius 2 is 1.66 bits per heavy atom. The molecule has 0 unspecified atom stereocenters. The zero-order chi connectivity index (χ0) is 20.3. The van der Waals surface area contributed by atoms with Crippen molar-refractivity contribution in [2.45, 2.75) is 13.8 Å². The molecule has 1 aliphatic heterocycles. The first kappa shape index (κ1) is 17.8. The number of pyridine rings is 1. The number of benzene rings is 2. The standard InChI is InChI=1S/C22H15BrN4O2/c1-12-5-3-4-6-17(12)27-20-18(13(2)25-27)19-16(11-24-20)21(28)26(22(19)29)15-9-7-14(23)8-10-15/h3-11H,1-2H3. The number of imide groups is 1. The third-order valence-corrected chi connectivity index (χ3v) is 5.68. The van der Waals surface area contributed by atoms with Crippen molar-refractivity contribution >= 4 is 44.5 Å². The predicted octanol–water partition coefficient (Wildman–Crippen LogP) is 4.60. The van der Waals surface area contributed by atoms with Gasteiger partial charge in [-0.2, -0.15) is 5.10 Å². The smallest absolute Gasteiger partial charge is 0.267 e. The van der Waals surface area contributed by atoms with Crippen LogP contribution in [0.15, 0.2) is 59.2 Å². The molecule has 2 amide bonds. The summed E-state index contributed by atoms with van der Waals surface area (Å²) in [5, 5.41) is 5.25. The van der Waals surface area contributed by atoms with Crippen LogP contribution in [0.5, 0.6) is 0 Å². The van der Waals surface area contributed by atoms with Crippen molar-refractivity contribution < 1.29 is 9.59 Å². The molecule has 1 aliphatic rings. The van der Waals surface area contributed by atoms with Gasteiger partial charge in [0.1, 0.15) is 0 Å². The molecule has 2 aromatic heterocycles. The topological polar surface area (TPSA) is 68.1 Å². The fourth-order valence-electron chi connectivity index (χ4n) is 3.75. The second kappa shape index (κ2) is 6.35. The van der Waals surface area contributed by atoms with E-state index in [2.05, 4.69) is 26.0 Å². The number of hydrogen-bond donors (Lipinski definition) is 0. The zero-order valence-corrected chi connectivity index (χ0v) is 17.3. The summed E-state index contributed by atoms with van der Waals surface area (Å²) in [6.07, 6.45) is 1.48. The van der Waals surface area contributed by atoms with E-state index in [1.807, 2.05) is 38.1 Å². The van der Waals surface area contributed by atoms with Crippen molar-refractivity contribution in [2.24, 2.45) is 0 Å². The fourth-order valence-corrected chi connectivity index (χ4v) is 4.02. The van der Waals surface area contributed by atoms with Crippen molar-refractivity contribution in [3.8, 4) is 5.69 Å². The van der Waals surface area contributed by atoms with Crippen LogP contribution in [0.1, 0.15) is 32.0 Å². The van der Waals surface area contributed by atoms with Crippen LogP contribution in [0.3, 0.4) is 0 Å². The van der Waals surface area contributed by atoms with Crippen molar-refractivity contribution in [1.29, 1.82) is 0 Å². The maximum Gasteiger partial charge on any atom is 0.267 e. The Bertz CT molecular complexity index is 1320. The minimum absolute atomic E-state index is 0.304. The van der Waals surface area contributed by atoms with Gasteiger partial charge in [-0.25, -0.2) is 14.6 Å². The van der Waals surface area contributed by atoms with Gasteiger partial charge in [0.05, 0.1) is 33.6 Å². The third-order valence-electron chi connectivity index (χ3n) is 5.15. The summed E-state index contributed by atoms with van der Waals surface area (Å²) in [6, 6.07) is 14.9. The number of rotatable bonds is 2. The monoisotopic (exact) mass is 446 g/mol. The van der Waals surface area contributed by atoms with Crippen LogP contribution in [0.2, 0.25) is 0 Å². The Morgan fingerprint density at radius 1 is 0.931 bits per heavy atom. The van der Waals surface area contributed by atoms with Crippen molar-refractivity contribution in [3.63, 3.8) is 0 Å². The van der Waals surface area contributed by atoms with Crippen LogP contribution < -0.4 is 4.90 Å². The zero-order valence-electron chi connectivity index (χ0n) is 15.7. The number of nitrogens with zero attached hydrogens (tertiary/aromatic N) is 4. The van der Waals surface area contributed by atoms with E-state index in [-0.39, 0.29) is 11.8 Å². The van der Waals surface area contributed by atoms with Gasteiger partial charge in [0.15, 0.2) is 5.65 Å². The summed E-state index contributed by atoms with van der Waals surface area (Å²) in [6.45, 7) is 3.83. The van der Waals surface area contributed by atoms with Crippen LogP contribution in [0.4, 0.5) is 5.69 Å². The highest BCUT2D eigenvalue weighted by molar-refractivity contribution is 9.10. The maximum absolute atomic E-state index is 13.3. The van der Waals surface area contributed by atoms with Crippen LogP contribution in [0.25, 0.3) is 16.7 Å². The van der Waals surface area contributed by atoms with E-state index in [0.29, 0.717) is 33.5 Å². The molecular formula is C22H15BrN4O2. The number of halogens is 1. The molecule has 29 heavy (non-hydrogen) atoms. The molecule has 7 heteroatoms. The summed E-state index contributed by atoms with van der Waals surface area (Å²) in [7, 11) is 0. The van der Waals surface area contributed by atoms with Crippen LogP contribution in [-0.2, 0) is 0 Å². The molecule has 0 saturated heterocycles. The van der Waals surface area contributed by atoms with E-state index in [1.54, 1.807) is 28.9 Å². The van der Waals surface area contributed by atoms with Crippen LogP contribution >= 0.6 is 15.9 Å². The highest BCUT2D eigenvalue weighted by Gasteiger charge is 2.40. The SMILES string of the molecule is Cc1ccccc1-n1nc(C)c2c3c(cnc21)C(=O)N(c1ccc(Br)cc1)C3=O. The predicted molar refractivity (Wildman–Crippen MR) is 114 cm³/mol. The van der Waals surface area contributed by atoms with Gasteiger partial charge in [-0.15, -0.1) is 0 Å². The maximum atomic E-state index is 13.3. The van der Waals surface area contributed by atoms with Gasteiger partial charge in [-0.1, -0.05) is 34.1 Å². The molecule has 3 heterocycles. The van der Waals surface area contributed by atoms with Gasteiger partial charge in [-0.3, -0.25) is 9.59 Å². The molecule has 142 valence electrons. The van der Waals surface area contributed by atoms with E-state index < -0.39 is 0 Å². The van der Waals surface area contributed by atoms with E-state index in [1.165, 1.54) is 11.1 Å². The van der Waals surface area contributed by atoms with E-state index in [9.17, 15) is 9.59 Å². The molecule has 4 aromatic rings. The van der Waals surface area contributed by atoms with Gasteiger partial charge in [0.2, 0.25) is 0 Å². The first-order valence-electron chi connectivity index (χ1n) is 9.06. The Kier molecular flexibility index (Phi) is 3.89. The summed E-state index contributed by atoms with van der Waals surface area (Å²) in [5.74, 6) is -0.725. The number of fused-ring (bicyclic) bond motifs is 3. The molecule has 0 radical (unpaired) electrons. The number of para-hydroxylation sites is 1. The molecule has 0 aliphatic carbocycles. The molecular weight excluding hydrogens is 432 g/mol. The van der Waals surface area contributed by atoms with Crippen LogP contribution in [-0.4, -0.2) is 26.6 Å². The first-order valence-corrected chi connectivity index (χ1v) is 9.85. The normalized spacial score (nSPS) is 13.4. The lowest BCUT2D eigenvalue weighted by Gasteiger charge is -2.13. The number of aromatic nitrogens is 3. The van der Waals surface area contributed by atoms with Gasteiger partial charge in [-0.05, 0) is 49.7 Å². The minimum atomic E-state index is -0.371. The van der Waals surface area contributed by atoms with Gasteiger partial charge in [0, 0.05) is 10.7 Å². The Hall–Kier alpha value is -3.32. The molecule has 5 rings (SSSR count). The lowest BCUT2D eigenvalue weighted by atomic mass is 10.1. The largest absolute Gasteiger partial charge is 0.268 e. The van der Waals surface area contributed by atoms with Crippen molar-refractivity contribution in [2.75, 3.05) is 4.90 Å². The summed E-state index contributed by atoms with van der Waals surface area (Å²) in [4.78, 5) is 32.0. The molecule has 0 spiro atoms. The molecule has 0 atom stereocenters. The van der Waals surface area contributed by atoms with Crippen LogP contribution in [0, 0.1) is 13.8 Å². The Labute approximate surface area is 174 Å². The average Bonchev–Trinajstić information content (AvgIpc) is 3.17. The average molecular weight is 447 g/mol. The van der Waals surface area contributed by atoms with Crippen molar-refractivity contribution in [3.05, 3.63) is 81.6 Å². The second-order valence-corrected chi connectivity index (χ2v) is 7.87. The molecule has 0 bridgehead atoms. The highest BCUT2D eigenvalue weighted by atomic mass is 79.9. The second-order valence-electron chi connectivity index (χ2n) is 6.95. The number of amides is 2. The number of anilines is 1. The van der Waals surface area contributed by atoms with Crippen molar-refractivity contribution in [1.82, 2.24) is 14.8 Å². The van der Waals surface area contributed by atoms with E-state index in [0.717, 1.165) is 15.7 Å². The van der Waals surface area contributed by atoms with Gasteiger partial charge < -0.3 is 0 Å². The van der Waals surface area contributed by atoms with Gasteiger partial charge >= 0.3 is 0 Å². The lowest BCUT2D eigenvalue weighted by molar-refractivity contribution is 0.0926. The summed E-state index contributed by atoms with van der Waals surface area (Å²) in [5.41, 5.74) is 4.34. The highest BCUT2D eigenvalue weighted by Crippen LogP contribution is 2.35. The minimum Gasteiger partial charge on any atom is -0.268 e.